The highest BCUT2D eigenvalue weighted by Gasteiger charge is 2.29. The van der Waals surface area contributed by atoms with E-state index >= 15 is 0 Å². The van der Waals surface area contributed by atoms with Crippen LogP contribution < -0.4 is 10.6 Å². The summed E-state index contributed by atoms with van der Waals surface area (Å²) in [5.41, 5.74) is 5.85. The van der Waals surface area contributed by atoms with Crippen LogP contribution in [0, 0.1) is 0 Å². The van der Waals surface area contributed by atoms with E-state index in [1.165, 1.54) is 12.5 Å². The first-order chi connectivity index (χ1) is 17.4. The van der Waals surface area contributed by atoms with Crippen LogP contribution in [-0.4, -0.2) is 49.6 Å². The monoisotopic (exact) mass is 490 g/mol. The third-order valence-electron chi connectivity index (χ3n) is 6.05. The molecule has 0 radical (unpaired) electrons. The molecule has 0 bridgehead atoms. The molecule has 0 saturated heterocycles. The number of carbonyl (C=O) groups excluding carboxylic acids is 1. The van der Waals surface area contributed by atoms with Gasteiger partial charge in [0.15, 0.2) is 0 Å². The number of hydrogen-bond donors (Lipinski definition) is 3. The summed E-state index contributed by atoms with van der Waals surface area (Å²) in [4.78, 5) is 22.5. The Labute approximate surface area is 212 Å². The SMILES string of the molecule is CC(NC(=O)OCC1c2ccccc2-c2ccccc21)C(=O)O.COC(C)CNCc1ccccc1. The van der Waals surface area contributed by atoms with Gasteiger partial charge in [0.2, 0.25) is 0 Å². The molecule has 4 rings (SSSR count). The maximum absolute atomic E-state index is 11.7. The molecule has 3 aromatic carbocycles. The van der Waals surface area contributed by atoms with Gasteiger partial charge in [0.05, 0.1) is 6.10 Å². The van der Waals surface area contributed by atoms with Crippen molar-refractivity contribution in [2.24, 2.45) is 0 Å². The molecular weight excluding hydrogens is 456 g/mol. The molecule has 1 aliphatic rings. The van der Waals surface area contributed by atoms with E-state index < -0.39 is 18.1 Å². The zero-order valence-corrected chi connectivity index (χ0v) is 20.9. The van der Waals surface area contributed by atoms with Gasteiger partial charge in [0.25, 0.3) is 0 Å². The lowest BCUT2D eigenvalue weighted by Gasteiger charge is -2.15. The van der Waals surface area contributed by atoms with Gasteiger partial charge in [-0.05, 0) is 41.7 Å². The van der Waals surface area contributed by atoms with E-state index in [0.717, 1.165) is 35.3 Å². The van der Waals surface area contributed by atoms with Crippen LogP contribution in [0.3, 0.4) is 0 Å². The molecule has 0 aliphatic heterocycles. The van der Waals surface area contributed by atoms with E-state index in [4.69, 9.17) is 14.6 Å². The fourth-order valence-corrected chi connectivity index (χ4v) is 3.98. The first kappa shape index (κ1) is 26.9. The Kier molecular flexibility index (Phi) is 10.0. The van der Waals surface area contributed by atoms with E-state index in [1.807, 2.05) is 42.5 Å². The fraction of sp³-hybridized carbons (Fsp3) is 0.310. The molecule has 0 saturated carbocycles. The first-order valence-corrected chi connectivity index (χ1v) is 12.0. The Bertz CT molecular complexity index is 1090. The van der Waals surface area contributed by atoms with Gasteiger partial charge in [-0.25, -0.2) is 4.79 Å². The summed E-state index contributed by atoms with van der Waals surface area (Å²) in [7, 11) is 1.73. The summed E-state index contributed by atoms with van der Waals surface area (Å²) in [6.07, 6.45) is -0.439. The quantitative estimate of drug-likeness (QED) is 0.398. The van der Waals surface area contributed by atoms with E-state index in [0.29, 0.717) is 0 Å². The van der Waals surface area contributed by atoms with Gasteiger partial charge in [-0.2, -0.15) is 0 Å². The number of fused-ring (bicyclic) bond motifs is 3. The van der Waals surface area contributed by atoms with Crippen LogP contribution in [0.15, 0.2) is 78.9 Å². The molecule has 7 heteroatoms. The number of hydrogen-bond acceptors (Lipinski definition) is 5. The summed E-state index contributed by atoms with van der Waals surface area (Å²) in [6.45, 7) is 5.42. The normalized spacial score (nSPS) is 13.4. The van der Waals surface area contributed by atoms with E-state index in [9.17, 15) is 9.59 Å². The van der Waals surface area contributed by atoms with Crippen LogP contribution in [0.5, 0.6) is 0 Å². The lowest BCUT2D eigenvalue weighted by molar-refractivity contribution is -0.138. The molecule has 1 amide bonds. The molecule has 2 atom stereocenters. The second-order valence-electron chi connectivity index (χ2n) is 8.69. The minimum absolute atomic E-state index is 0.0340. The summed E-state index contributed by atoms with van der Waals surface area (Å²) < 4.78 is 10.4. The number of nitrogens with one attached hydrogen (secondary N) is 2. The number of alkyl carbamates (subject to hydrolysis) is 1. The molecule has 190 valence electrons. The number of carboxylic acids is 1. The van der Waals surface area contributed by atoms with Gasteiger partial charge in [-0.1, -0.05) is 78.9 Å². The van der Waals surface area contributed by atoms with Crippen LogP contribution >= 0.6 is 0 Å². The Hall–Kier alpha value is -3.68. The van der Waals surface area contributed by atoms with Crippen LogP contribution in [0.25, 0.3) is 11.1 Å². The number of carbonyl (C=O) groups is 2. The molecule has 36 heavy (non-hydrogen) atoms. The molecule has 0 spiro atoms. The highest BCUT2D eigenvalue weighted by molar-refractivity contribution is 5.80. The van der Waals surface area contributed by atoms with Crippen molar-refractivity contribution in [2.45, 2.75) is 38.5 Å². The number of benzene rings is 3. The largest absolute Gasteiger partial charge is 0.480 e. The molecule has 2 unspecified atom stereocenters. The molecule has 1 aliphatic carbocycles. The standard InChI is InChI=1S/C18H17NO4.C11H17NO/c1-11(17(20)21)19-18(22)23-10-16-14-8-4-2-6-12(14)13-7-3-5-9-15(13)16;1-10(13-2)8-12-9-11-6-4-3-5-7-11/h2-9,11,16H,10H2,1H3,(H,19,22)(H,20,21);3-7,10,12H,8-9H2,1-2H3. The van der Waals surface area contributed by atoms with Crippen molar-refractivity contribution < 1.29 is 24.2 Å². The number of carboxylic acid groups (broad SMARTS) is 1. The molecule has 3 N–H and O–H groups in total. The maximum atomic E-state index is 11.7. The zero-order valence-electron chi connectivity index (χ0n) is 20.9. The average Bonchev–Trinajstić information content (AvgIpc) is 3.22. The minimum atomic E-state index is -1.10. The van der Waals surface area contributed by atoms with Gasteiger partial charge in [-0.15, -0.1) is 0 Å². The van der Waals surface area contributed by atoms with Crippen LogP contribution in [0.4, 0.5) is 4.79 Å². The fourth-order valence-electron chi connectivity index (χ4n) is 3.98. The molecule has 0 aromatic heterocycles. The smallest absolute Gasteiger partial charge is 0.407 e. The van der Waals surface area contributed by atoms with Crippen molar-refractivity contribution in [1.29, 1.82) is 0 Å². The van der Waals surface area contributed by atoms with Gasteiger partial charge in [-0.3, -0.25) is 4.79 Å². The molecule has 3 aromatic rings. The maximum Gasteiger partial charge on any atom is 0.407 e. The second kappa shape index (κ2) is 13.4. The third kappa shape index (κ3) is 7.41. The van der Waals surface area contributed by atoms with Gasteiger partial charge < -0.3 is 25.2 Å². The minimum Gasteiger partial charge on any atom is -0.480 e. The Balaban J connectivity index is 0.000000236. The summed E-state index contributed by atoms with van der Waals surface area (Å²) in [5, 5.41) is 14.4. The van der Waals surface area contributed by atoms with Gasteiger partial charge in [0.1, 0.15) is 12.6 Å². The van der Waals surface area contributed by atoms with Crippen molar-refractivity contribution >= 4 is 12.1 Å². The van der Waals surface area contributed by atoms with Crippen molar-refractivity contribution in [3.05, 3.63) is 95.6 Å². The van der Waals surface area contributed by atoms with Crippen molar-refractivity contribution in [3.63, 3.8) is 0 Å². The van der Waals surface area contributed by atoms with Gasteiger partial charge in [0, 0.05) is 26.1 Å². The van der Waals surface area contributed by atoms with Crippen molar-refractivity contribution in [2.75, 3.05) is 20.3 Å². The lowest BCUT2D eigenvalue weighted by Crippen LogP contribution is -2.39. The number of amides is 1. The van der Waals surface area contributed by atoms with E-state index in [2.05, 4.69) is 54.0 Å². The van der Waals surface area contributed by atoms with E-state index in [-0.39, 0.29) is 18.6 Å². The average molecular weight is 491 g/mol. The topological polar surface area (TPSA) is 96.9 Å². The molecular formula is C29H34N2O5. The molecule has 0 heterocycles. The van der Waals surface area contributed by atoms with Crippen molar-refractivity contribution in [1.82, 2.24) is 10.6 Å². The molecule has 7 nitrogen and oxygen atoms in total. The zero-order chi connectivity index (χ0) is 25.9. The summed E-state index contributed by atoms with van der Waals surface area (Å²) in [5.74, 6) is -1.13. The Morgan fingerprint density at radius 3 is 2.00 bits per heavy atom. The summed E-state index contributed by atoms with van der Waals surface area (Å²) >= 11 is 0. The van der Waals surface area contributed by atoms with E-state index in [1.54, 1.807) is 7.11 Å². The molecule has 0 fully saturated rings. The van der Waals surface area contributed by atoms with Crippen molar-refractivity contribution in [3.8, 4) is 11.1 Å². The number of methoxy groups -OCH3 is 1. The predicted octanol–water partition coefficient (Wildman–Crippen LogP) is 4.81. The highest BCUT2D eigenvalue weighted by atomic mass is 16.5. The Morgan fingerprint density at radius 1 is 0.889 bits per heavy atom. The van der Waals surface area contributed by atoms with Gasteiger partial charge >= 0.3 is 12.1 Å². The third-order valence-corrected chi connectivity index (χ3v) is 6.05. The number of aliphatic carboxylic acids is 1. The number of ether oxygens (including phenoxy) is 2. The number of rotatable bonds is 9. The second-order valence-corrected chi connectivity index (χ2v) is 8.69. The first-order valence-electron chi connectivity index (χ1n) is 12.0. The van der Waals surface area contributed by atoms with Crippen LogP contribution in [0.2, 0.25) is 0 Å². The highest BCUT2D eigenvalue weighted by Crippen LogP contribution is 2.44. The lowest BCUT2D eigenvalue weighted by atomic mass is 9.98. The predicted molar refractivity (Wildman–Crippen MR) is 140 cm³/mol. The summed E-state index contributed by atoms with van der Waals surface area (Å²) in [6, 6.07) is 25.5. The van der Waals surface area contributed by atoms with Crippen LogP contribution in [-0.2, 0) is 20.8 Å². The Morgan fingerprint density at radius 2 is 1.44 bits per heavy atom. The van der Waals surface area contributed by atoms with Crippen LogP contribution in [0.1, 0.15) is 36.5 Å².